The number of carbonyl (C=O) groups is 1. The zero-order valence-corrected chi connectivity index (χ0v) is 15.0. The Morgan fingerprint density at radius 2 is 2.00 bits per heavy atom. The van der Waals surface area contributed by atoms with E-state index in [2.05, 4.69) is 0 Å². The molecular formula is C15H15Cl2NO5S. The highest BCUT2D eigenvalue weighted by Gasteiger charge is 2.22. The molecule has 0 spiro atoms. The van der Waals surface area contributed by atoms with Crippen molar-refractivity contribution in [1.82, 2.24) is 4.90 Å². The molecule has 130 valence electrons. The lowest BCUT2D eigenvalue weighted by Crippen LogP contribution is -2.33. The summed E-state index contributed by atoms with van der Waals surface area (Å²) in [6.45, 7) is 0.343. The number of rotatable bonds is 7. The summed E-state index contributed by atoms with van der Waals surface area (Å²) < 4.78 is 32.5. The van der Waals surface area contributed by atoms with Crippen LogP contribution in [0.3, 0.4) is 0 Å². The van der Waals surface area contributed by atoms with Gasteiger partial charge in [-0.05, 0) is 29.8 Å². The van der Waals surface area contributed by atoms with Gasteiger partial charge in [0.2, 0.25) is 0 Å². The zero-order valence-electron chi connectivity index (χ0n) is 12.7. The van der Waals surface area contributed by atoms with Gasteiger partial charge in [0, 0.05) is 6.54 Å². The van der Waals surface area contributed by atoms with Gasteiger partial charge >= 0.3 is 10.1 Å². The van der Waals surface area contributed by atoms with E-state index in [-0.39, 0.29) is 18.8 Å². The third kappa shape index (κ3) is 5.74. The van der Waals surface area contributed by atoms with Crippen LogP contribution in [-0.2, 0) is 28.0 Å². The molecule has 1 amide bonds. The summed E-state index contributed by atoms with van der Waals surface area (Å²) in [5.74, 6) is 0.249. The molecule has 6 nitrogen and oxygen atoms in total. The molecule has 2 aromatic rings. The Balaban J connectivity index is 2.19. The van der Waals surface area contributed by atoms with Crippen LogP contribution >= 0.6 is 23.2 Å². The number of hydrogen-bond acceptors (Lipinski definition) is 5. The van der Waals surface area contributed by atoms with E-state index in [0.717, 1.165) is 6.26 Å². The van der Waals surface area contributed by atoms with Crippen LogP contribution in [0.1, 0.15) is 11.3 Å². The van der Waals surface area contributed by atoms with Gasteiger partial charge in [0.1, 0.15) is 11.5 Å². The van der Waals surface area contributed by atoms with Crippen molar-refractivity contribution in [3.8, 4) is 5.75 Å². The summed E-state index contributed by atoms with van der Waals surface area (Å²) in [5.41, 5.74) is 0.657. The summed E-state index contributed by atoms with van der Waals surface area (Å²) in [7, 11) is -3.63. The van der Waals surface area contributed by atoms with E-state index >= 15 is 0 Å². The van der Waals surface area contributed by atoms with Crippen molar-refractivity contribution in [3.63, 3.8) is 0 Å². The molecule has 0 bridgehead atoms. The van der Waals surface area contributed by atoms with Crippen molar-refractivity contribution >= 4 is 39.2 Å². The average molecular weight is 392 g/mol. The molecule has 1 heterocycles. The lowest BCUT2D eigenvalue weighted by atomic mass is 10.2. The molecule has 0 saturated carbocycles. The highest BCUT2D eigenvalue weighted by molar-refractivity contribution is 7.86. The Bertz CT molecular complexity index is 790. The number of nitrogens with zero attached hydrogens (tertiary/aromatic N) is 1. The second-order valence-electron chi connectivity index (χ2n) is 5.01. The summed E-state index contributed by atoms with van der Waals surface area (Å²) in [6, 6.07) is 9.83. The minimum absolute atomic E-state index is 0.161. The number of carbonyl (C=O) groups excluding carboxylic acids is 1. The molecule has 0 aliphatic carbocycles. The molecule has 0 N–H and O–H groups in total. The number of alkyl halides is 2. The monoisotopic (exact) mass is 391 g/mol. The Hall–Kier alpha value is -1.70. The minimum Gasteiger partial charge on any atom is -0.467 e. The Morgan fingerprint density at radius 1 is 1.25 bits per heavy atom. The lowest BCUT2D eigenvalue weighted by molar-refractivity contribution is -0.130. The molecule has 1 aromatic heterocycles. The minimum atomic E-state index is -3.63. The van der Waals surface area contributed by atoms with Gasteiger partial charge in [-0.2, -0.15) is 8.42 Å². The van der Waals surface area contributed by atoms with E-state index in [1.165, 1.54) is 23.3 Å². The second kappa shape index (κ2) is 7.92. The van der Waals surface area contributed by atoms with Crippen molar-refractivity contribution in [1.29, 1.82) is 0 Å². The first-order valence-corrected chi connectivity index (χ1v) is 9.51. The maximum Gasteiger partial charge on any atom is 0.306 e. The standard InChI is InChI=1S/C15H15Cl2NO5S/c1-24(20,21)23-12-5-2-4-11(8-12)9-18(15(19)14(16)17)10-13-6-3-7-22-13/h2-8,14H,9-10H2,1H3. The Labute approximate surface area is 150 Å². The van der Waals surface area contributed by atoms with Crippen molar-refractivity contribution in [2.45, 2.75) is 17.9 Å². The predicted octanol–water partition coefficient (Wildman–Crippen LogP) is 2.95. The fraction of sp³-hybridized carbons (Fsp3) is 0.267. The van der Waals surface area contributed by atoms with E-state index in [4.69, 9.17) is 31.8 Å². The van der Waals surface area contributed by atoms with Gasteiger partial charge in [0.25, 0.3) is 5.91 Å². The van der Waals surface area contributed by atoms with Crippen molar-refractivity contribution in [2.24, 2.45) is 0 Å². The van der Waals surface area contributed by atoms with Crippen LogP contribution < -0.4 is 4.18 Å². The van der Waals surface area contributed by atoms with Gasteiger partial charge in [-0.15, -0.1) is 0 Å². The van der Waals surface area contributed by atoms with Crippen molar-refractivity contribution in [2.75, 3.05) is 6.26 Å². The molecule has 0 radical (unpaired) electrons. The van der Waals surface area contributed by atoms with Gasteiger partial charge in [0.15, 0.2) is 4.84 Å². The molecule has 0 fully saturated rings. The smallest absolute Gasteiger partial charge is 0.306 e. The van der Waals surface area contributed by atoms with E-state index in [1.807, 2.05) is 0 Å². The van der Waals surface area contributed by atoms with Crippen LogP contribution in [0.4, 0.5) is 0 Å². The topological polar surface area (TPSA) is 76.8 Å². The zero-order chi connectivity index (χ0) is 17.7. The number of furan rings is 1. The molecule has 0 saturated heterocycles. The molecule has 2 rings (SSSR count). The summed E-state index contributed by atoms with van der Waals surface area (Å²) in [6.07, 6.45) is 2.45. The molecule has 9 heteroatoms. The van der Waals surface area contributed by atoms with Gasteiger partial charge in [-0.1, -0.05) is 35.3 Å². The van der Waals surface area contributed by atoms with E-state index < -0.39 is 20.9 Å². The van der Waals surface area contributed by atoms with Gasteiger partial charge in [0.05, 0.1) is 19.1 Å². The molecule has 24 heavy (non-hydrogen) atoms. The van der Waals surface area contributed by atoms with Crippen LogP contribution in [0.15, 0.2) is 47.1 Å². The largest absolute Gasteiger partial charge is 0.467 e. The lowest BCUT2D eigenvalue weighted by Gasteiger charge is -2.22. The molecule has 0 atom stereocenters. The van der Waals surface area contributed by atoms with Crippen LogP contribution in [0.5, 0.6) is 5.75 Å². The van der Waals surface area contributed by atoms with E-state index in [9.17, 15) is 13.2 Å². The number of benzene rings is 1. The third-order valence-corrected chi connectivity index (χ3v) is 3.81. The van der Waals surface area contributed by atoms with Crippen molar-refractivity contribution < 1.29 is 21.8 Å². The Kier molecular flexibility index (Phi) is 6.15. The summed E-state index contributed by atoms with van der Waals surface area (Å²) >= 11 is 11.4. The van der Waals surface area contributed by atoms with Crippen LogP contribution in [-0.4, -0.2) is 30.3 Å². The molecule has 1 aromatic carbocycles. The fourth-order valence-corrected chi connectivity index (χ4v) is 2.76. The molecule has 0 unspecified atom stereocenters. The number of halogens is 2. The average Bonchev–Trinajstić information content (AvgIpc) is 2.97. The second-order valence-corrected chi connectivity index (χ2v) is 7.68. The van der Waals surface area contributed by atoms with E-state index in [1.54, 1.807) is 24.3 Å². The molecular weight excluding hydrogens is 377 g/mol. The van der Waals surface area contributed by atoms with Gasteiger partial charge in [-0.3, -0.25) is 4.79 Å². The fourth-order valence-electron chi connectivity index (χ4n) is 2.03. The van der Waals surface area contributed by atoms with Crippen LogP contribution in [0.25, 0.3) is 0 Å². The van der Waals surface area contributed by atoms with Crippen LogP contribution in [0, 0.1) is 0 Å². The highest BCUT2D eigenvalue weighted by atomic mass is 35.5. The SMILES string of the molecule is CS(=O)(=O)Oc1cccc(CN(Cc2ccco2)C(=O)C(Cl)Cl)c1. The van der Waals surface area contributed by atoms with Crippen LogP contribution in [0.2, 0.25) is 0 Å². The maximum absolute atomic E-state index is 12.2. The first-order chi connectivity index (χ1) is 11.2. The summed E-state index contributed by atoms with van der Waals surface area (Å²) in [4.78, 5) is 12.4. The third-order valence-electron chi connectivity index (χ3n) is 2.94. The molecule has 0 aliphatic rings. The predicted molar refractivity (Wildman–Crippen MR) is 90.4 cm³/mol. The van der Waals surface area contributed by atoms with E-state index in [0.29, 0.717) is 11.3 Å². The summed E-state index contributed by atoms with van der Waals surface area (Å²) in [5, 5.41) is 0. The first kappa shape index (κ1) is 18.6. The maximum atomic E-state index is 12.2. The number of hydrogen-bond donors (Lipinski definition) is 0. The number of amides is 1. The normalized spacial score (nSPS) is 11.5. The first-order valence-electron chi connectivity index (χ1n) is 6.82. The Morgan fingerprint density at radius 3 is 2.58 bits per heavy atom. The quantitative estimate of drug-likeness (QED) is 0.535. The highest BCUT2D eigenvalue weighted by Crippen LogP contribution is 2.19. The van der Waals surface area contributed by atoms with Gasteiger partial charge in [-0.25, -0.2) is 0 Å². The van der Waals surface area contributed by atoms with Gasteiger partial charge < -0.3 is 13.5 Å². The van der Waals surface area contributed by atoms with Crippen molar-refractivity contribution in [3.05, 3.63) is 54.0 Å². The molecule has 0 aliphatic heterocycles.